The van der Waals surface area contributed by atoms with Crippen LogP contribution in [0.3, 0.4) is 0 Å². The summed E-state index contributed by atoms with van der Waals surface area (Å²) in [5.74, 6) is -0.189. The van der Waals surface area contributed by atoms with Crippen molar-refractivity contribution in [2.24, 2.45) is 0 Å². The summed E-state index contributed by atoms with van der Waals surface area (Å²) in [4.78, 5) is 11.8. The Morgan fingerprint density at radius 2 is 1.95 bits per heavy atom. The maximum absolute atomic E-state index is 11.8. The molecule has 1 N–H and O–H groups in total. The Hall–Kier alpha value is -1.84. The lowest BCUT2D eigenvalue weighted by Crippen LogP contribution is -2.18. The van der Waals surface area contributed by atoms with Gasteiger partial charge in [-0.3, -0.25) is 4.79 Å². The molecule has 0 saturated heterocycles. The van der Waals surface area contributed by atoms with E-state index in [0.29, 0.717) is 17.3 Å². The topological polar surface area (TPSA) is 38.3 Å². The van der Waals surface area contributed by atoms with E-state index in [-0.39, 0.29) is 12.5 Å². The Balaban J connectivity index is 1.82. The van der Waals surface area contributed by atoms with Crippen molar-refractivity contribution in [1.82, 2.24) is 0 Å². The van der Waals surface area contributed by atoms with Gasteiger partial charge in [0.05, 0.1) is 6.61 Å². The number of halogens is 1. The highest BCUT2D eigenvalue weighted by Crippen LogP contribution is 2.19. The summed E-state index contributed by atoms with van der Waals surface area (Å²) in [5.41, 5.74) is 2.72. The molecule has 104 valence electrons. The second kappa shape index (κ2) is 7.08. The molecule has 0 aliphatic heterocycles. The van der Waals surface area contributed by atoms with E-state index in [9.17, 15) is 4.79 Å². The molecule has 2 rings (SSSR count). The molecule has 2 aromatic carbocycles. The molecule has 0 fully saturated rings. The summed E-state index contributed by atoms with van der Waals surface area (Å²) in [6.07, 6.45) is 0. The van der Waals surface area contributed by atoms with E-state index in [4.69, 9.17) is 16.3 Å². The number of hydrogen-bond donors (Lipinski definition) is 1. The van der Waals surface area contributed by atoms with Crippen molar-refractivity contribution in [3.05, 3.63) is 64.7 Å². The molecule has 3 nitrogen and oxygen atoms in total. The molecule has 0 spiro atoms. The third-order valence-corrected chi connectivity index (χ3v) is 3.05. The van der Waals surface area contributed by atoms with Gasteiger partial charge in [-0.1, -0.05) is 48.0 Å². The van der Waals surface area contributed by atoms with Gasteiger partial charge in [-0.15, -0.1) is 0 Å². The van der Waals surface area contributed by atoms with E-state index in [1.165, 1.54) is 0 Å². The number of rotatable bonds is 5. The van der Waals surface area contributed by atoms with E-state index in [2.05, 4.69) is 5.32 Å². The highest BCUT2D eigenvalue weighted by Gasteiger charge is 2.05. The number of hydrogen-bond acceptors (Lipinski definition) is 2. The normalized spacial score (nSPS) is 10.3. The summed E-state index contributed by atoms with van der Waals surface area (Å²) < 4.78 is 5.38. The van der Waals surface area contributed by atoms with E-state index in [1.54, 1.807) is 12.1 Å². The quantitative estimate of drug-likeness (QED) is 0.909. The van der Waals surface area contributed by atoms with Crippen LogP contribution in [-0.4, -0.2) is 12.5 Å². The maximum Gasteiger partial charge on any atom is 0.250 e. The fourth-order valence-corrected chi connectivity index (χ4v) is 1.92. The lowest BCUT2D eigenvalue weighted by molar-refractivity contribution is -0.121. The van der Waals surface area contributed by atoms with Crippen molar-refractivity contribution in [3.8, 4) is 0 Å². The number of carbonyl (C=O) groups excluding carboxylic acids is 1. The van der Waals surface area contributed by atoms with Crippen molar-refractivity contribution in [1.29, 1.82) is 0 Å². The molecule has 1 amide bonds. The second-order valence-electron chi connectivity index (χ2n) is 4.49. The summed E-state index contributed by atoms with van der Waals surface area (Å²) in [6, 6.07) is 15.1. The SMILES string of the molecule is Cc1ccc(Cl)cc1NC(=O)COCc1ccccc1. The minimum absolute atomic E-state index is 0.0147. The van der Waals surface area contributed by atoms with Gasteiger partial charge in [0.15, 0.2) is 0 Å². The number of nitrogens with one attached hydrogen (secondary N) is 1. The van der Waals surface area contributed by atoms with Crippen molar-refractivity contribution in [2.75, 3.05) is 11.9 Å². The first kappa shape index (κ1) is 14.6. The molecule has 2 aromatic rings. The molecule has 0 heterocycles. The van der Waals surface area contributed by atoms with Crippen LogP contribution < -0.4 is 5.32 Å². The van der Waals surface area contributed by atoms with Crippen LogP contribution in [0.2, 0.25) is 5.02 Å². The molecule has 4 heteroatoms. The number of anilines is 1. The predicted molar refractivity (Wildman–Crippen MR) is 80.9 cm³/mol. The summed E-state index contributed by atoms with van der Waals surface area (Å²) in [5, 5.41) is 3.38. The van der Waals surface area contributed by atoms with E-state index < -0.39 is 0 Å². The van der Waals surface area contributed by atoms with Gasteiger partial charge >= 0.3 is 0 Å². The Bertz CT molecular complexity index is 584. The zero-order valence-electron chi connectivity index (χ0n) is 11.2. The summed E-state index contributed by atoms with van der Waals surface area (Å²) in [6.45, 7) is 2.35. The molecule has 0 bridgehead atoms. The van der Waals surface area contributed by atoms with Crippen LogP contribution in [-0.2, 0) is 16.1 Å². The van der Waals surface area contributed by atoms with Crippen LogP contribution in [0.1, 0.15) is 11.1 Å². The first-order chi connectivity index (χ1) is 9.65. The Morgan fingerprint density at radius 3 is 2.70 bits per heavy atom. The number of benzene rings is 2. The van der Waals surface area contributed by atoms with Gasteiger partial charge in [-0.25, -0.2) is 0 Å². The van der Waals surface area contributed by atoms with Crippen LogP contribution in [0.25, 0.3) is 0 Å². The smallest absolute Gasteiger partial charge is 0.250 e. The third kappa shape index (κ3) is 4.37. The highest BCUT2D eigenvalue weighted by atomic mass is 35.5. The third-order valence-electron chi connectivity index (χ3n) is 2.82. The van der Waals surface area contributed by atoms with Gasteiger partial charge in [0, 0.05) is 10.7 Å². The van der Waals surface area contributed by atoms with Crippen molar-refractivity contribution in [2.45, 2.75) is 13.5 Å². The van der Waals surface area contributed by atoms with Gasteiger partial charge in [0.25, 0.3) is 0 Å². The number of ether oxygens (including phenoxy) is 1. The molecule has 20 heavy (non-hydrogen) atoms. The standard InChI is InChI=1S/C16H16ClNO2/c1-12-7-8-14(17)9-15(12)18-16(19)11-20-10-13-5-3-2-4-6-13/h2-9H,10-11H2,1H3,(H,18,19). The van der Waals surface area contributed by atoms with Crippen LogP contribution in [0, 0.1) is 6.92 Å². The first-order valence-corrected chi connectivity index (χ1v) is 6.70. The van der Waals surface area contributed by atoms with Gasteiger partial charge < -0.3 is 10.1 Å². The molecule has 0 radical (unpaired) electrons. The fourth-order valence-electron chi connectivity index (χ4n) is 1.75. The van der Waals surface area contributed by atoms with Crippen LogP contribution >= 0.6 is 11.6 Å². The molecule has 0 aromatic heterocycles. The van der Waals surface area contributed by atoms with Crippen LogP contribution in [0.15, 0.2) is 48.5 Å². The Morgan fingerprint density at radius 1 is 1.20 bits per heavy atom. The number of carbonyl (C=O) groups is 1. The highest BCUT2D eigenvalue weighted by molar-refractivity contribution is 6.31. The molecule has 0 unspecified atom stereocenters. The van der Waals surface area contributed by atoms with Gasteiger partial charge in [0.1, 0.15) is 6.61 Å². The van der Waals surface area contributed by atoms with Gasteiger partial charge in [-0.05, 0) is 30.2 Å². The van der Waals surface area contributed by atoms with Crippen molar-refractivity contribution in [3.63, 3.8) is 0 Å². The van der Waals surface area contributed by atoms with Crippen molar-refractivity contribution < 1.29 is 9.53 Å². The largest absolute Gasteiger partial charge is 0.367 e. The van der Waals surface area contributed by atoms with Crippen molar-refractivity contribution >= 4 is 23.2 Å². The molecule has 0 atom stereocenters. The van der Waals surface area contributed by atoms with Crippen LogP contribution in [0.4, 0.5) is 5.69 Å². The van der Waals surface area contributed by atoms with E-state index in [0.717, 1.165) is 11.1 Å². The van der Waals surface area contributed by atoms with E-state index >= 15 is 0 Å². The summed E-state index contributed by atoms with van der Waals surface area (Å²) >= 11 is 5.90. The maximum atomic E-state index is 11.8. The average Bonchev–Trinajstić information content (AvgIpc) is 2.44. The number of aryl methyl sites for hydroxylation is 1. The van der Waals surface area contributed by atoms with Crippen LogP contribution in [0.5, 0.6) is 0 Å². The molecule has 0 aliphatic carbocycles. The minimum atomic E-state index is -0.189. The molecular weight excluding hydrogens is 274 g/mol. The molecular formula is C16H16ClNO2. The zero-order valence-corrected chi connectivity index (χ0v) is 12.0. The first-order valence-electron chi connectivity index (χ1n) is 6.33. The van der Waals surface area contributed by atoms with E-state index in [1.807, 2.05) is 43.3 Å². The van der Waals surface area contributed by atoms with Gasteiger partial charge in [0.2, 0.25) is 5.91 Å². The Kier molecular flexibility index (Phi) is 5.16. The minimum Gasteiger partial charge on any atom is -0.367 e. The molecule has 0 saturated carbocycles. The number of amides is 1. The average molecular weight is 290 g/mol. The Labute approximate surface area is 123 Å². The monoisotopic (exact) mass is 289 g/mol. The lowest BCUT2D eigenvalue weighted by atomic mass is 10.2. The lowest BCUT2D eigenvalue weighted by Gasteiger charge is -2.09. The predicted octanol–water partition coefficient (Wildman–Crippen LogP) is 3.80. The summed E-state index contributed by atoms with van der Waals surface area (Å²) in [7, 11) is 0. The zero-order chi connectivity index (χ0) is 14.4. The fraction of sp³-hybridized carbons (Fsp3) is 0.188. The second-order valence-corrected chi connectivity index (χ2v) is 4.92. The van der Waals surface area contributed by atoms with Gasteiger partial charge in [-0.2, -0.15) is 0 Å². The molecule has 0 aliphatic rings.